The second kappa shape index (κ2) is 2.88. The monoisotopic (exact) mass is 180 g/mol. The molecule has 1 aliphatic rings. The van der Waals surface area contributed by atoms with E-state index in [4.69, 9.17) is 4.42 Å². The van der Waals surface area contributed by atoms with E-state index < -0.39 is 5.60 Å². The van der Waals surface area contributed by atoms with E-state index in [-0.39, 0.29) is 0 Å². The predicted octanol–water partition coefficient (Wildman–Crippen LogP) is 2.53. The van der Waals surface area contributed by atoms with Gasteiger partial charge in [-0.15, -0.1) is 0 Å². The highest BCUT2D eigenvalue weighted by atomic mass is 16.3. The van der Waals surface area contributed by atoms with E-state index in [1.807, 2.05) is 6.07 Å². The molecule has 0 amide bonds. The lowest BCUT2D eigenvalue weighted by atomic mass is 9.64. The summed E-state index contributed by atoms with van der Waals surface area (Å²) in [4.78, 5) is 0. The SMILES string of the molecule is CC(C)C1CC(O)(c2ccoc2)C1. The Morgan fingerprint density at radius 2 is 2.23 bits per heavy atom. The second-order valence-electron chi connectivity index (χ2n) is 4.46. The summed E-state index contributed by atoms with van der Waals surface area (Å²) in [6.45, 7) is 4.42. The summed E-state index contributed by atoms with van der Waals surface area (Å²) < 4.78 is 4.97. The Bertz CT molecular complexity index is 268. The summed E-state index contributed by atoms with van der Waals surface area (Å²) in [5.41, 5.74) is 0.339. The van der Waals surface area contributed by atoms with Gasteiger partial charge in [-0.2, -0.15) is 0 Å². The van der Waals surface area contributed by atoms with Gasteiger partial charge in [0.15, 0.2) is 0 Å². The van der Waals surface area contributed by atoms with E-state index >= 15 is 0 Å². The average Bonchev–Trinajstić information content (AvgIpc) is 2.49. The third-order valence-corrected chi connectivity index (χ3v) is 3.20. The number of hydrogen-bond acceptors (Lipinski definition) is 2. The van der Waals surface area contributed by atoms with Crippen LogP contribution in [0.4, 0.5) is 0 Å². The zero-order valence-electron chi connectivity index (χ0n) is 8.16. The van der Waals surface area contributed by atoms with Crippen LogP contribution in [0.3, 0.4) is 0 Å². The van der Waals surface area contributed by atoms with Gasteiger partial charge < -0.3 is 9.52 Å². The maximum absolute atomic E-state index is 10.1. The molecule has 0 aromatic carbocycles. The van der Waals surface area contributed by atoms with Crippen molar-refractivity contribution in [2.75, 3.05) is 0 Å². The van der Waals surface area contributed by atoms with Gasteiger partial charge in [-0.05, 0) is 30.7 Å². The zero-order chi connectivity index (χ0) is 9.47. The molecule has 0 unspecified atom stereocenters. The minimum Gasteiger partial charge on any atom is -0.472 e. The maximum Gasteiger partial charge on any atom is 0.0963 e. The molecule has 1 heterocycles. The van der Waals surface area contributed by atoms with Crippen LogP contribution in [0.2, 0.25) is 0 Å². The van der Waals surface area contributed by atoms with E-state index in [0.29, 0.717) is 11.8 Å². The van der Waals surface area contributed by atoms with Gasteiger partial charge in [0.1, 0.15) is 0 Å². The van der Waals surface area contributed by atoms with Crippen LogP contribution in [-0.2, 0) is 5.60 Å². The van der Waals surface area contributed by atoms with Crippen molar-refractivity contribution < 1.29 is 9.52 Å². The molecule has 2 nitrogen and oxygen atoms in total. The molecule has 0 aliphatic heterocycles. The van der Waals surface area contributed by atoms with Crippen molar-refractivity contribution >= 4 is 0 Å². The third-order valence-electron chi connectivity index (χ3n) is 3.20. The molecule has 72 valence electrons. The lowest BCUT2D eigenvalue weighted by Crippen LogP contribution is -2.42. The van der Waals surface area contributed by atoms with Gasteiger partial charge >= 0.3 is 0 Å². The molecule has 1 aromatic rings. The normalized spacial score (nSPS) is 33.4. The fraction of sp³-hybridized carbons (Fsp3) is 0.636. The minimum atomic E-state index is -0.595. The Labute approximate surface area is 78.6 Å². The number of rotatable bonds is 2. The lowest BCUT2D eigenvalue weighted by molar-refractivity contribution is -0.0936. The van der Waals surface area contributed by atoms with Gasteiger partial charge in [0.25, 0.3) is 0 Å². The van der Waals surface area contributed by atoms with Crippen molar-refractivity contribution in [2.45, 2.75) is 32.3 Å². The van der Waals surface area contributed by atoms with Crippen molar-refractivity contribution in [1.29, 1.82) is 0 Å². The van der Waals surface area contributed by atoms with E-state index in [0.717, 1.165) is 18.4 Å². The fourth-order valence-electron chi connectivity index (χ4n) is 2.04. The third kappa shape index (κ3) is 1.39. The molecule has 1 fully saturated rings. The Morgan fingerprint density at radius 1 is 1.54 bits per heavy atom. The maximum atomic E-state index is 10.1. The lowest BCUT2D eigenvalue weighted by Gasteiger charge is -2.45. The summed E-state index contributed by atoms with van der Waals surface area (Å²) in [7, 11) is 0. The first-order chi connectivity index (χ1) is 6.12. The Balaban J connectivity index is 2.04. The van der Waals surface area contributed by atoms with Crippen LogP contribution in [-0.4, -0.2) is 5.11 Å². The van der Waals surface area contributed by atoms with E-state index in [1.165, 1.54) is 0 Å². The highest BCUT2D eigenvalue weighted by Crippen LogP contribution is 2.48. The van der Waals surface area contributed by atoms with Crippen molar-refractivity contribution in [2.24, 2.45) is 11.8 Å². The topological polar surface area (TPSA) is 33.4 Å². The predicted molar refractivity (Wildman–Crippen MR) is 50.2 cm³/mol. The van der Waals surface area contributed by atoms with Crippen LogP contribution < -0.4 is 0 Å². The molecule has 1 aromatic heterocycles. The van der Waals surface area contributed by atoms with E-state index in [2.05, 4.69) is 13.8 Å². The smallest absolute Gasteiger partial charge is 0.0963 e. The molecule has 0 atom stereocenters. The highest BCUT2D eigenvalue weighted by molar-refractivity contribution is 5.20. The first kappa shape index (κ1) is 8.82. The van der Waals surface area contributed by atoms with E-state index in [1.54, 1.807) is 12.5 Å². The summed E-state index contributed by atoms with van der Waals surface area (Å²) in [5, 5.41) is 10.1. The molecule has 13 heavy (non-hydrogen) atoms. The van der Waals surface area contributed by atoms with Crippen LogP contribution in [0.1, 0.15) is 32.3 Å². The molecule has 0 bridgehead atoms. The van der Waals surface area contributed by atoms with Crippen LogP contribution in [0.15, 0.2) is 23.0 Å². The van der Waals surface area contributed by atoms with Gasteiger partial charge in [-0.25, -0.2) is 0 Å². The van der Waals surface area contributed by atoms with Gasteiger partial charge in [0, 0.05) is 5.56 Å². The molecular weight excluding hydrogens is 164 g/mol. The van der Waals surface area contributed by atoms with Gasteiger partial charge in [0.2, 0.25) is 0 Å². The Hall–Kier alpha value is -0.760. The zero-order valence-corrected chi connectivity index (χ0v) is 8.16. The summed E-state index contributed by atoms with van der Waals surface area (Å²) in [6.07, 6.45) is 5.03. The molecule has 1 aliphatic carbocycles. The Morgan fingerprint density at radius 3 is 2.69 bits per heavy atom. The number of aliphatic hydroxyl groups is 1. The molecule has 0 spiro atoms. The Kier molecular flexibility index (Phi) is 1.95. The van der Waals surface area contributed by atoms with Crippen LogP contribution in [0.5, 0.6) is 0 Å². The summed E-state index contributed by atoms with van der Waals surface area (Å²) in [6, 6.07) is 1.86. The first-order valence-electron chi connectivity index (χ1n) is 4.87. The minimum absolute atomic E-state index is 0.595. The molecular formula is C11H16O2. The van der Waals surface area contributed by atoms with Crippen LogP contribution in [0, 0.1) is 11.8 Å². The molecule has 1 saturated carbocycles. The molecule has 2 heteroatoms. The van der Waals surface area contributed by atoms with Gasteiger partial charge in [-0.3, -0.25) is 0 Å². The van der Waals surface area contributed by atoms with Crippen molar-refractivity contribution in [3.63, 3.8) is 0 Å². The molecule has 1 N–H and O–H groups in total. The van der Waals surface area contributed by atoms with E-state index in [9.17, 15) is 5.11 Å². The highest BCUT2D eigenvalue weighted by Gasteiger charge is 2.45. The van der Waals surface area contributed by atoms with Crippen LogP contribution in [0.25, 0.3) is 0 Å². The summed E-state index contributed by atoms with van der Waals surface area (Å²) >= 11 is 0. The van der Waals surface area contributed by atoms with Crippen molar-refractivity contribution in [3.05, 3.63) is 24.2 Å². The molecule has 0 radical (unpaired) electrons. The number of furan rings is 1. The van der Waals surface area contributed by atoms with Gasteiger partial charge in [0.05, 0.1) is 18.1 Å². The fourth-order valence-corrected chi connectivity index (χ4v) is 2.04. The van der Waals surface area contributed by atoms with Crippen molar-refractivity contribution in [3.8, 4) is 0 Å². The quantitative estimate of drug-likeness (QED) is 0.758. The molecule has 0 saturated heterocycles. The molecule has 2 rings (SSSR count). The first-order valence-corrected chi connectivity index (χ1v) is 4.87. The van der Waals surface area contributed by atoms with Crippen molar-refractivity contribution in [1.82, 2.24) is 0 Å². The second-order valence-corrected chi connectivity index (χ2v) is 4.46. The van der Waals surface area contributed by atoms with Crippen LogP contribution >= 0.6 is 0 Å². The number of hydrogen-bond donors (Lipinski definition) is 1. The van der Waals surface area contributed by atoms with Gasteiger partial charge in [-0.1, -0.05) is 13.8 Å². The summed E-state index contributed by atoms with van der Waals surface area (Å²) in [5.74, 6) is 1.34. The average molecular weight is 180 g/mol. The largest absolute Gasteiger partial charge is 0.472 e. The standard InChI is InChI=1S/C11H16O2/c1-8(2)9-5-11(12,6-9)10-3-4-13-7-10/h3-4,7-9,12H,5-6H2,1-2H3.